The highest BCUT2D eigenvalue weighted by atomic mass is 32.1. The average Bonchev–Trinajstić information content (AvgIpc) is 2.98. The van der Waals surface area contributed by atoms with Crippen molar-refractivity contribution in [2.45, 2.75) is 72.6 Å². The maximum atomic E-state index is 13.0. The predicted molar refractivity (Wildman–Crippen MR) is 120 cm³/mol. The molecule has 162 valence electrons. The molecule has 0 aromatic carbocycles. The van der Waals surface area contributed by atoms with Gasteiger partial charge in [-0.25, -0.2) is 9.97 Å². The van der Waals surface area contributed by atoms with E-state index in [0.29, 0.717) is 0 Å². The Labute approximate surface area is 183 Å². The first-order valence-corrected chi connectivity index (χ1v) is 11.6. The number of anilines is 1. The zero-order chi connectivity index (χ0) is 21.6. The van der Waals surface area contributed by atoms with Crippen LogP contribution < -0.4 is 10.2 Å². The number of morpholine rings is 1. The standard InChI is InChI=1S/C23H32N4O2S/c1-13-10-27(11-14(2)29-13)22-24-9-17-19(7-23(5,6)8-20(17)26-22)25-21(28)18-12-30-16(4)15(18)3/h9,12-14,19H,7-8,10-11H2,1-6H3,(H,25,28)/t13-,14+,19-/m0/s1. The van der Waals surface area contributed by atoms with Gasteiger partial charge in [0.05, 0.1) is 29.5 Å². The third-order valence-electron chi connectivity index (χ3n) is 6.20. The molecule has 1 amide bonds. The van der Waals surface area contributed by atoms with Gasteiger partial charge in [-0.3, -0.25) is 4.79 Å². The third kappa shape index (κ3) is 4.23. The maximum Gasteiger partial charge on any atom is 0.252 e. The van der Waals surface area contributed by atoms with Gasteiger partial charge in [0.15, 0.2) is 0 Å². The summed E-state index contributed by atoms with van der Waals surface area (Å²) >= 11 is 1.62. The summed E-state index contributed by atoms with van der Waals surface area (Å²) in [4.78, 5) is 26.0. The van der Waals surface area contributed by atoms with E-state index in [1.165, 1.54) is 4.88 Å². The number of hydrogen-bond acceptors (Lipinski definition) is 6. The molecule has 2 aromatic heterocycles. The topological polar surface area (TPSA) is 67.4 Å². The molecule has 0 radical (unpaired) electrons. The van der Waals surface area contributed by atoms with Crippen molar-refractivity contribution in [3.05, 3.63) is 38.8 Å². The molecule has 0 spiro atoms. The summed E-state index contributed by atoms with van der Waals surface area (Å²) in [7, 11) is 0. The van der Waals surface area contributed by atoms with E-state index in [2.05, 4.69) is 44.8 Å². The number of thiophene rings is 1. The van der Waals surface area contributed by atoms with Gasteiger partial charge in [0, 0.05) is 35.1 Å². The molecule has 1 saturated heterocycles. The van der Waals surface area contributed by atoms with Crippen LogP contribution in [0.1, 0.15) is 72.2 Å². The van der Waals surface area contributed by atoms with Gasteiger partial charge in [0.25, 0.3) is 5.91 Å². The first-order valence-electron chi connectivity index (χ1n) is 10.7. The fraction of sp³-hybridized carbons (Fsp3) is 0.609. The van der Waals surface area contributed by atoms with Crippen LogP contribution in [0, 0.1) is 19.3 Å². The highest BCUT2D eigenvalue weighted by Crippen LogP contribution is 2.40. The lowest BCUT2D eigenvalue weighted by Gasteiger charge is -2.38. The highest BCUT2D eigenvalue weighted by molar-refractivity contribution is 7.10. The summed E-state index contributed by atoms with van der Waals surface area (Å²) in [5.41, 5.74) is 3.99. The second kappa shape index (κ2) is 7.93. The number of amides is 1. The largest absolute Gasteiger partial charge is 0.372 e. The summed E-state index contributed by atoms with van der Waals surface area (Å²) in [6.07, 6.45) is 4.01. The van der Waals surface area contributed by atoms with Crippen LogP contribution in [0.5, 0.6) is 0 Å². The van der Waals surface area contributed by atoms with Crippen LogP contribution >= 0.6 is 11.3 Å². The normalized spacial score (nSPS) is 25.7. The molecule has 2 aliphatic rings. The van der Waals surface area contributed by atoms with Crippen LogP contribution in [0.25, 0.3) is 0 Å². The van der Waals surface area contributed by atoms with E-state index in [0.717, 1.165) is 54.3 Å². The van der Waals surface area contributed by atoms with Gasteiger partial charge in [-0.15, -0.1) is 11.3 Å². The van der Waals surface area contributed by atoms with Crippen molar-refractivity contribution in [3.8, 4) is 0 Å². The lowest BCUT2D eigenvalue weighted by molar-refractivity contribution is -0.00575. The number of hydrogen-bond donors (Lipinski definition) is 1. The van der Waals surface area contributed by atoms with Gasteiger partial charge in [0.2, 0.25) is 5.95 Å². The SMILES string of the molecule is Cc1scc(C(=O)N[C@H]2CC(C)(C)Cc3nc(N4C[C@@H](C)O[C@@H](C)C4)ncc32)c1C. The fourth-order valence-electron chi connectivity index (χ4n) is 4.63. The molecule has 1 fully saturated rings. The predicted octanol–water partition coefficient (Wildman–Crippen LogP) is 4.21. The molecule has 1 aliphatic heterocycles. The molecule has 30 heavy (non-hydrogen) atoms. The van der Waals surface area contributed by atoms with Crippen molar-refractivity contribution in [2.24, 2.45) is 5.41 Å². The molecule has 6 nitrogen and oxygen atoms in total. The molecular weight excluding hydrogens is 396 g/mol. The van der Waals surface area contributed by atoms with Crippen molar-refractivity contribution in [2.75, 3.05) is 18.0 Å². The van der Waals surface area contributed by atoms with Gasteiger partial charge in [-0.1, -0.05) is 13.8 Å². The minimum atomic E-state index is -0.0764. The number of aromatic nitrogens is 2. The second-order valence-corrected chi connectivity index (χ2v) is 10.7. The molecule has 3 atom stereocenters. The van der Waals surface area contributed by atoms with Gasteiger partial charge in [0.1, 0.15) is 0 Å². The van der Waals surface area contributed by atoms with Gasteiger partial charge in [-0.05, 0) is 51.5 Å². The Bertz CT molecular complexity index is 945. The molecule has 0 bridgehead atoms. The van der Waals surface area contributed by atoms with E-state index in [4.69, 9.17) is 14.7 Å². The van der Waals surface area contributed by atoms with Crippen LogP contribution in [-0.4, -0.2) is 41.2 Å². The van der Waals surface area contributed by atoms with Crippen molar-refractivity contribution in [1.82, 2.24) is 15.3 Å². The highest BCUT2D eigenvalue weighted by Gasteiger charge is 2.35. The molecule has 7 heteroatoms. The fourth-order valence-corrected chi connectivity index (χ4v) is 5.50. The number of carbonyl (C=O) groups excluding carboxylic acids is 1. The van der Waals surface area contributed by atoms with Gasteiger partial charge < -0.3 is 15.0 Å². The number of aryl methyl sites for hydroxylation is 1. The quantitative estimate of drug-likeness (QED) is 0.793. The summed E-state index contributed by atoms with van der Waals surface area (Å²) in [5, 5.41) is 5.22. The van der Waals surface area contributed by atoms with E-state index in [9.17, 15) is 4.79 Å². The van der Waals surface area contributed by atoms with Crippen LogP contribution in [0.4, 0.5) is 5.95 Å². The van der Waals surface area contributed by atoms with Crippen LogP contribution in [0.15, 0.2) is 11.6 Å². The lowest BCUT2D eigenvalue weighted by Crippen LogP contribution is -2.46. The van der Waals surface area contributed by atoms with Crippen molar-refractivity contribution in [3.63, 3.8) is 0 Å². The number of nitrogens with zero attached hydrogens (tertiary/aromatic N) is 3. The Morgan fingerprint density at radius 3 is 2.60 bits per heavy atom. The number of rotatable bonds is 3. The van der Waals surface area contributed by atoms with Gasteiger partial charge >= 0.3 is 0 Å². The van der Waals surface area contributed by atoms with Crippen molar-refractivity contribution in [1.29, 1.82) is 0 Å². The first-order chi connectivity index (χ1) is 14.1. The monoisotopic (exact) mass is 428 g/mol. The molecule has 1 aliphatic carbocycles. The number of ether oxygens (including phenoxy) is 1. The maximum absolute atomic E-state index is 13.0. The Hall–Kier alpha value is -1.99. The third-order valence-corrected chi connectivity index (χ3v) is 7.22. The zero-order valence-electron chi connectivity index (χ0n) is 18.8. The summed E-state index contributed by atoms with van der Waals surface area (Å²) in [6, 6.07) is -0.0764. The van der Waals surface area contributed by atoms with Crippen molar-refractivity contribution < 1.29 is 9.53 Å². The van der Waals surface area contributed by atoms with Crippen LogP contribution in [0.2, 0.25) is 0 Å². The molecule has 3 heterocycles. The van der Waals surface area contributed by atoms with Crippen molar-refractivity contribution >= 4 is 23.2 Å². The first kappa shape index (κ1) is 21.2. The Morgan fingerprint density at radius 2 is 1.97 bits per heavy atom. The number of fused-ring (bicyclic) bond motifs is 1. The average molecular weight is 429 g/mol. The molecule has 0 saturated carbocycles. The summed E-state index contributed by atoms with van der Waals surface area (Å²) < 4.78 is 5.85. The smallest absolute Gasteiger partial charge is 0.252 e. The summed E-state index contributed by atoms with van der Waals surface area (Å²) in [6.45, 7) is 14.3. The molecular formula is C23H32N4O2S. The Balaban J connectivity index is 1.61. The molecule has 2 aromatic rings. The number of nitrogens with one attached hydrogen (secondary N) is 1. The van der Waals surface area contributed by atoms with E-state index in [1.54, 1.807) is 11.3 Å². The molecule has 1 N–H and O–H groups in total. The zero-order valence-corrected chi connectivity index (χ0v) is 19.6. The minimum absolute atomic E-state index is 0.00888. The van der Waals surface area contributed by atoms with Gasteiger partial charge in [-0.2, -0.15) is 0 Å². The van der Waals surface area contributed by atoms with E-state index < -0.39 is 0 Å². The van der Waals surface area contributed by atoms with E-state index in [1.807, 2.05) is 18.5 Å². The lowest BCUT2D eigenvalue weighted by atomic mass is 9.74. The number of carbonyl (C=O) groups is 1. The second-order valence-electron chi connectivity index (χ2n) is 9.64. The molecule has 4 rings (SSSR count). The summed E-state index contributed by atoms with van der Waals surface area (Å²) in [5.74, 6) is 0.758. The van der Waals surface area contributed by atoms with Crippen LogP contribution in [0.3, 0.4) is 0 Å². The Kier molecular flexibility index (Phi) is 5.62. The Morgan fingerprint density at radius 1 is 1.27 bits per heavy atom. The van der Waals surface area contributed by atoms with E-state index in [-0.39, 0.29) is 29.6 Å². The molecule has 0 unspecified atom stereocenters. The van der Waals surface area contributed by atoms with E-state index >= 15 is 0 Å². The van der Waals surface area contributed by atoms with Crippen LogP contribution in [-0.2, 0) is 11.2 Å². The minimum Gasteiger partial charge on any atom is -0.372 e.